The molecule has 0 amide bonds. The zero-order chi connectivity index (χ0) is 13.0. The molecule has 2 aromatic rings. The van der Waals surface area contributed by atoms with Crippen molar-refractivity contribution in [2.75, 3.05) is 0 Å². The van der Waals surface area contributed by atoms with E-state index in [4.69, 9.17) is 0 Å². The Morgan fingerprint density at radius 2 is 2.33 bits per heavy atom. The lowest BCUT2D eigenvalue weighted by atomic mass is 10.4. The summed E-state index contributed by atoms with van der Waals surface area (Å²) in [7, 11) is 0. The molecule has 5 nitrogen and oxygen atoms in total. The van der Waals surface area contributed by atoms with Gasteiger partial charge in [-0.2, -0.15) is 0 Å². The number of nitrogens with one attached hydrogen (secondary N) is 1. The first kappa shape index (κ1) is 13.4. The summed E-state index contributed by atoms with van der Waals surface area (Å²) >= 11 is 4.85. The average molecular weight is 329 g/mol. The molecule has 2 aromatic heterocycles. The molecular formula is C11H13BrN4OS. The number of hydrogen-bond donors (Lipinski definition) is 1. The molecule has 0 bridgehead atoms. The lowest BCUT2D eigenvalue weighted by Gasteiger charge is -2.03. The van der Waals surface area contributed by atoms with Gasteiger partial charge in [0.05, 0.1) is 5.69 Å². The fraction of sp³-hybridized carbons (Fsp3) is 0.364. The summed E-state index contributed by atoms with van der Waals surface area (Å²) in [6.45, 7) is 2.72. The number of halogens is 1. The number of hydrogen-bond acceptors (Lipinski definition) is 4. The Hall–Kier alpha value is -1.08. The Bertz CT molecular complexity index is 563. The highest BCUT2D eigenvalue weighted by atomic mass is 79.9. The molecule has 96 valence electrons. The highest BCUT2D eigenvalue weighted by Gasteiger charge is 2.08. The van der Waals surface area contributed by atoms with Crippen molar-refractivity contribution in [3.05, 3.63) is 39.0 Å². The number of aromatic nitrogens is 4. The zero-order valence-electron chi connectivity index (χ0n) is 9.89. The Kier molecular flexibility index (Phi) is 4.60. The topological polar surface area (TPSA) is 63.6 Å². The van der Waals surface area contributed by atoms with E-state index in [-0.39, 0.29) is 5.69 Å². The van der Waals surface area contributed by atoms with E-state index in [9.17, 15) is 4.79 Å². The smallest absolute Gasteiger partial charge is 0.270 e. The Morgan fingerprint density at radius 3 is 3.00 bits per heavy atom. The minimum Gasteiger partial charge on any atom is -0.270 e. The van der Waals surface area contributed by atoms with Gasteiger partial charge in [0, 0.05) is 23.0 Å². The van der Waals surface area contributed by atoms with Crippen LogP contribution >= 0.6 is 27.7 Å². The monoisotopic (exact) mass is 328 g/mol. The van der Waals surface area contributed by atoms with E-state index in [1.807, 2.05) is 19.1 Å². The third-order valence-electron chi connectivity index (χ3n) is 2.31. The number of rotatable bonds is 5. The van der Waals surface area contributed by atoms with Gasteiger partial charge in [-0.25, -0.2) is 9.89 Å². The molecule has 0 unspecified atom stereocenters. The predicted molar refractivity (Wildman–Crippen MR) is 74.6 cm³/mol. The second-order valence-electron chi connectivity index (χ2n) is 3.72. The highest BCUT2D eigenvalue weighted by molar-refractivity contribution is 9.10. The highest BCUT2D eigenvalue weighted by Crippen LogP contribution is 2.19. The molecule has 0 aliphatic rings. The first-order valence-electron chi connectivity index (χ1n) is 5.59. The van der Waals surface area contributed by atoms with Crippen molar-refractivity contribution in [3.8, 4) is 0 Å². The molecule has 2 rings (SSSR count). The van der Waals surface area contributed by atoms with Gasteiger partial charge in [-0.05, 0) is 34.5 Å². The van der Waals surface area contributed by atoms with Crippen LogP contribution in [-0.2, 0) is 12.3 Å². The van der Waals surface area contributed by atoms with E-state index in [0.717, 1.165) is 16.6 Å². The second kappa shape index (κ2) is 6.19. The summed E-state index contributed by atoms with van der Waals surface area (Å²) in [6.07, 6.45) is 2.67. The lowest BCUT2D eigenvalue weighted by Crippen LogP contribution is -2.17. The summed E-state index contributed by atoms with van der Waals surface area (Å²) in [6, 6.07) is 3.90. The van der Waals surface area contributed by atoms with Crippen LogP contribution in [0.1, 0.15) is 19.0 Å². The van der Waals surface area contributed by atoms with Crippen LogP contribution < -0.4 is 5.69 Å². The molecule has 2 heterocycles. The number of aromatic amines is 1. The molecule has 1 N–H and O–H groups in total. The number of thioether (sulfide) groups is 1. The van der Waals surface area contributed by atoms with Crippen molar-refractivity contribution >= 4 is 27.7 Å². The number of nitrogens with zero attached hydrogens (tertiary/aromatic N) is 3. The van der Waals surface area contributed by atoms with Gasteiger partial charge in [0.15, 0.2) is 5.16 Å². The van der Waals surface area contributed by atoms with E-state index in [1.165, 1.54) is 11.8 Å². The van der Waals surface area contributed by atoms with E-state index >= 15 is 0 Å². The standard InChI is InChI=1S/C11H13BrN4OS/c1-2-5-16-10(17)14-15-11(16)18-7-9-4-3-8(12)6-13-9/h3-4,6H,2,5,7H2,1H3,(H,14,17). The van der Waals surface area contributed by atoms with Crippen LogP contribution in [0.4, 0.5) is 0 Å². The molecule has 0 radical (unpaired) electrons. The summed E-state index contributed by atoms with van der Waals surface area (Å²) in [4.78, 5) is 15.8. The van der Waals surface area contributed by atoms with Gasteiger partial charge in [0.25, 0.3) is 0 Å². The maximum Gasteiger partial charge on any atom is 0.343 e. The van der Waals surface area contributed by atoms with Gasteiger partial charge in [0.2, 0.25) is 0 Å². The molecule has 0 saturated carbocycles. The Morgan fingerprint density at radius 1 is 1.50 bits per heavy atom. The fourth-order valence-electron chi connectivity index (χ4n) is 1.46. The molecule has 0 aliphatic carbocycles. The van der Waals surface area contributed by atoms with E-state index in [2.05, 4.69) is 31.1 Å². The van der Waals surface area contributed by atoms with Gasteiger partial charge < -0.3 is 0 Å². The van der Waals surface area contributed by atoms with Crippen molar-refractivity contribution < 1.29 is 0 Å². The fourth-order valence-corrected chi connectivity index (χ4v) is 2.59. The van der Waals surface area contributed by atoms with Gasteiger partial charge in [-0.3, -0.25) is 9.55 Å². The van der Waals surface area contributed by atoms with Gasteiger partial charge >= 0.3 is 5.69 Å². The SMILES string of the molecule is CCCn1c(SCc2ccc(Br)cn2)n[nH]c1=O. The molecular weight excluding hydrogens is 316 g/mol. The van der Waals surface area contributed by atoms with E-state index in [1.54, 1.807) is 10.8 Å². The molecule has 18 heavy (non-hydrogen) atoms. The normalized spacial score (nSPS) is 10.8. The van der Waals surface area contributed by atoms with Gasteiger partial charge in [-0.15, -0.1) is 5.10 Å². The Balaban J connectivity index is 2.06. The average Bonchev–Trinajstić information content (AvgIpc) is 2.71. The Labute approximate surface area is 117 Å². The first-order valence-corrected chi connectivity index (χ1v) is 7.37. The zero-order valence-corrected chi connectivity index (χ0v) is 12.3. The van der Waals surface area contributed by atoms with Crippen molar-refractivity contribution in [1.29, 1.82) is 0 Å². The van der Waals surface area contributed by atoms with Crippen LogP contribution in [0.3, 0.4) is 0 Å². The van der Waals surface area contributed by atoms with Crippen LogP contribution in [0, 0.1) is 0 Å². The van der Waals surface area contributed by atoms with Crippen LogP contribution in [-0.4, -0.2) is 19.7 Å². The molecule has 0 atom stereocenters. The summed E-state index contributed by atoms with van der Waals surface area (Å²) < 4.78 is 2.61. The van der Waals surface area contributed by atoms with Crippen LogP contribution in [0.25, 0.3) is 0 Å². The molecule has 7 heteroatoms. The summed E-state index contributed by atoms with van der Waals surface area (Å²) in [5, 5.41) is 7.21. The minimum atomic E-state index is -0.150. The van der Waals surface area contributed by atoms with E-state index in [0.29, 0.717) is 17.5 Å². The van der Waals surface area contributed by atoms with Gasteiger partial charge in [0.1, 0.15) is 0 Å². The molecule has 0 saturated heterocycles. The lowest BCUT2D eigenvalue weighted by molar-refractivity contribution is 0.603. The van der Waals surface area contributed by atoms with Crippen molar-refractivity contribution in [1.82, 2.24) is 19.7 Å². The van der Waals surface area contributed by atoms with Crippen LogP contribution in [0.15, 0.2) is 32.8 Å². The number of H-pyrrole nitrogens is 1. The van der Waals surface area contributed by atoms with Crippen LogP contribution in [0.2, 0.25) is 0 Å². The van der Waals surface area contributed by atoms with Crippen molar-refractivity contribution in [2.24, 2.45) is 0 Å². The second-order valence-corrected chi connectivity index (χ2v) is 5.58. The first-order chi connectivity index (χ1) is 8.70. The van der Waals surface area contributed by atoms with Gasteiger partial charge in [-0.1, -0.05) is 18.7 Å². The minimum absolute atomic E-state index is 0.150. The maximum absolute atomic E-state index is 11.5. The molecule has 0 aromatic carbocycles. The summed E-state index contributed by atoms with van der Waals surface area (Å²) in [5.41, 5.74) is 0.810. The quantitative estimate of drug-likeness (QED) is 0.856. The largest absolute Gasteiger partial charge is 0.343 e. The van der Waals surface area contributed by atoms with Crippen molar-refractivity contribution in [2.45, 2.75) is 30.8 Å². The molecule has 0 spiro atoms. The number of pyridine rings is 1. The van der Waals surface area contributed by atoms with Crippen LogP contribution in [0.5, 0.6) is 0 Å². The van der Waals surface area contributed by atoms with E-state index < -0.39 is 0 Å². The molecule has 0 fully saturated rings. The van der Waals surface area contributed by atoms with Crippen molar-refractivity contribution in [3.63, 3.8) is 0 Å². The third-order valence-corrected chi connectivity index (χ3v) is 3.79. The maximum atomic E-state index is 11.5. The summed E-state index contributed by atoms with van der Waals surface area (Å²) in [5.74, 6) is 0.696. The predicted octanol–water partition coefficient (Wildman–Crippen LogP) is 2.43. The molecule has 0 aliphatic heterocycles. The third kappa shape index (κ3) is 3.23.